The number of aryl methyl sites for hydroxylation is 1. The summed E-state index contributed by atoms with van der Waals surface area (Å²) in [6, 6.07) is 4.92. The van der Waals surface area contributed by atoms with Crippen LogP contribution in [0, 0.1) is 0 Å². The highest BCUT2D eigenvalue weighted by molar-refractivity contribution is 9.10. The average Bonchev–Trinajstić information content (AvgIpc) is 2.42. The lowest BCUT2D eigenvalue weighted by Crippen LogP contribution is -2.47. The smallest absolute Gasteiger partial charge is 0.408 e. The van der Waals surface area contributed by atoms with Gasteiger partial charge < -0.3 is 15.2 Å². The van der Waals surface area contributed by atoms with Crippen LogP contribution in [0.5, 0.6) is 0 Å². The van der Waals surface area contributed by atoms with Crippen molar-refractivity contribution in [2.24, 2.45) is 0 Å². The predicted molar refractivity (Wildman–Crippen MR) is 90.6 cm³/mol. The van der Waals surface area contributed by atoms with Crippen molar-refractivity contribution >= 4 is 28.0 Å². The number of rotatable bonds is 3. The molecule has 1 aromatic rings. The molecule has 0 saturated heterocycles. The molecule has 1 aliphatic rings. The van der Waals surface area contributed by atoms with Crippen molar-refractivity contribution in [3.8, 4) is 0 Å². The summed E-state index contributed by atoms with van der Waals surface area (Å²) in [5.74, 6) is -1.31. The van der Waals surface area contributed by atoms with Gasteiger partial charge in [-0.05, 0) is 63.3 Å². The number of nitrogens with one attached hydrogen (secondary N) is 1. The number of ether oxygens (including phenoxy) is 1. The Balaban J connectivity index is 2.24. The Kier molecular flexibility index (Phi) is 5.34. The molecule has 6 heteroatoms. The average molecular weight is 384 g/mol. The van der Waals surface area contributed by atoms with Crippen molar-refractivity contribution in [3.05, 3.63) is 33.8 Å². The van der Waals surface area contributed by atoms with Crippen LogP contribution >= 0.6 is 15.9 Å². The van der Waals surface area contributed by atoms with Gasteiger partial charge in [-0.2, -0.15) is 0 Å². The van der Waals surface area contributed by atoms with Crippen molar-refractivity contribution in [2.45, 2.75) is 57.6 Å². The first-order valence-corrected chi connectivity index (χ1v) is 8.47. The zero-order valence-corrected chi connectivity index (χ0v) is 15.1. The van der Waals surface area contributed by atoms with Crippen LogP contribution in [-0.2, 0) is 16.0 Å². The van der Waals surface area contributed by atoms with Crippen molar-refractivity contribution in [1.29, 1.82) is 0 Å². The standard InChI is InChI=1S/C17H22BrNO4/c1-17(2,3)23-16(22)19-14(15(20)21)12-6-4-5-10-7-8-11(18)9-13(10)12/h7-9,12,14H,4-6H2,1-3H3,(H,19,22)(H,20,21)/t12-,14?/m0/s1. The lowest BCUT2D eigenvalue weighted by atomic mass is 9.79. The van der Waals surface area contributed by atoms with Crippen LogP contribution in [0.15, 0.2) is 22.7 Å². The highest BCUT2D eigenvalue weighted by Crippen LogP contribution is 2.36. The summed E-state index contributed by atoms with van der Waals surface area (Å²) in [6.07, 6.45) is 1.85. The van der Waals surface area contributed by atoms with Crippen LogP contribution in [0.3, 0.4) is 0 Å². The van der Waals surface area contributed by atoms with E-state index in [0.717, 1.165) is 34.9 Å². The van der Waals surface area contributed by atoms with Gasteiger partial charge in [-0.1, -0.05) is 22.0 Å². The SMILES string of the molecule is CC(C)(C)OC(=O)NC(C(=O)O)[C@H]1CCCc2ccc(Br)cc21. The quantitative estimate of drug-likeness (QED) is 0.830. The second-order valence-electron chi connectivity index (χ2n) is 6.80. The third-order valence-corrected chi connectivity index (χ3v) is 4.30. The fourth-order valence-electron chi connectivity index (χ4n) is 2.92. The van der Waals surface area contributed by atoms with Gasteiger partial charge in [0, 0.05) is 10.4 Å². The summed E-state index contributed by atoms with van der Waals surface area (Å²) in [5, 5.41) is 12.1. The number of halogens is 1. The molecule has 0 bridgehead atoms. The molecule has 0 radical (unpaired) electrons. The van der Waals surface area contributed by atoms with E-state index in [4.69, 9.17) is 4.74 Å². The normalized spacial score (nSPS) is 18.7. The number of alkyl carbamates (subject to hydrolysis) is 1. The van der Waals surface area contributed by atoms with E-state index in [1.54, 1.807) is 20.8 Å². The summed E-state index contributed by atoms with van der Waals surface area (Å²) in [4.78, 5) is 23.7. The van der Waals surface area contributed by atoms with Crippen molar-refractivity contribution in [3.63, 3.8) is 0 Å². The van der Waals surface area contributed by atoms with Crippen molar-refractivity contribution in [2.75, 3.05) is 0 Å². The first-order chi connectivity index (χ1) is 10.7. The van der Waals surface area contributed by atoms with Gasteiger partial charge in [0.15, 0.2) is 0 Å². The van der Waals surface area contributed by atoms with Crippen molar-refractivity contribution in [1.82, 2.24) is 5.32 Å². The van der Waals surface area contributed by atoms with Gasteiger partial charge in [0.1, 0.15) is 11.6 Å². The lowest BCUT2D eigenvalue weighted by Gasteiger charge is -2.31. The molecule has 1 aromatic carbocycles. The van der Waals surface area contributed by atoms with Crippen molar-refractivity contribution < 1.29 is 19.4 Å². The fourth-order valence-corrected chi connectivity index (χ4v) is 3.30. The first kappa shape index (κ1) is 17.8. The maximum Gasteiger partial charge on any atom is 0.408 e. The molecule has 0 aromatic heterocycles. The van der Waals surface area contributed by atoms with Crippen LogP contribution in [0.1, 0.15) is 50.7 Å². The predicted octanol–water partition coefficient (Wildman–Crippen LogP) is 3.85. The Labute approximate surface area is 144 Å². The van der Waals surface area contributed by atoms with Gasteiger partial charge in [0.2, 0.25) is 0 Å². The van der Waals surface area contributed by atoms with Crippen LogP contribution in [0.2, 0.25) is 0 Å². The third kappa shape index (κ3) is 4.70. The molecule has 0 saturated carbocycles. The largest absolute Gasteiger partial charge is 0.480 e. The highest BCUT2D eigenvalue weighted by Gasteiger charge is 2.35. The number of hydrogen-bond donors (Lipinski definition) is 2. The van der Waals surface area contributed by atoms with Gasteiger partial charge in [-0.15, -0.1) is 0 Å². The molecular weight excluding hydrogens is 362 g/mol. The Morgan fingerprint density at radius 3 is 2.70 bits per heavy atom. The van der Waals surface area contributed by atoms with E-state index in [1.165, 1.54) is 0 Å². The Morgan fingerprint density at radius 1 is 1.39 bits per heavy atom. The molecule has 1 unspecified atom stereocenters. The van der Waals surface area contributed by atoms with Gasteiger partial charge in [0.25, 0.3) is 0 Å². The van der Waals surface area contributed by atoms with Gasteiger partial charge in [-0.25, -0.2) is 9.59 Å². The molecule has 0 spiro atoms. The number of aliphatic carboxylic acids is 1. The van der Waals surface area contributed by atoms with E-state index in [2.05, 4.69) is 21.2 Å². The lowest BCUT2D eigenvalue weighted by molar-refractivity contribution is -0.140. The maximum atomic E-state index is 12.0. The molecule has 2 rings (SSSR count). The Hall–Kier alpha value is -1.56. The third-order valence-electron chi connectivity index (χ3n) is 3.81. The topological polar surface area (TPSA) is 75.6 Å². The van der Waals surface area contributed by atoms with Gasteiger partial charge in [-0.3, -0.25) is 0 Å². The van der Waals surface area contributed by atoms with E-state index >= 15 is 0 Å². The number of amides is 1. The molecule has 126 valence electrons. The maximum absolute atomic E-state index is 12.0. The number of benzene rings is 1. The van der Waals surface area contributed by atoms with E-state index in [-0.39, 0.29) is 5.92 Å². The van der Waals surface area contributed by atoms with E-state index < -0.39 is 23.7 Å². The van der Waals surface area contributed by atoms with Crippen LogP contribution in [0.4, 0.5) is 4.79 Å². The second-order valence-corrected chi connectivity index (χ2v) is 7.72. The van der Waals surface area contributed by atoms with Gasteiger partial charge >= 0.3 is 12.1 Å². The highest BCUT2D eigenvalue weighted by atomic mass is 79.9. The van der Waals surface area contributed by atoms with E-state index in [0.29, 0.717) is 0 Å². The molecule has 1 amide bonds. The Morgan fingerprint density at radius 2 is 2.09 bits per heavy atom. The Bertz CT molecular complexity index is 609. The summed E-state index contributed by atoms with van der Waals surface area (Å²) in [7, 11) is 0. The molecule has 1 aliphatic carbocycles. The summed E-state index contributed by atoms with van der Waals surface area (Å²) < 4.78 is 6.11. The zero-order chi connectivity index (χ0) is 17.2. The molecular formula is C17H22BrNO4. The first-order valence-electron chi connectivity index (χ1n) is 7.68. The number of carboxylic acids is 1. The fraction of sp³-hybridized carbons (Fsp3) is 0.529. The second kappa shape index (κ2) is 6.91. The molecule has 0 heterocycles. The summed E-state index contributed by atoms with van der Waals surface area (Å²) >= 11 is 3.44. The molecule has 23 heavy (non-hydrogen) atoms. The summed E-state index contributed by atoms with van der Waals surface area (Å²) in [5.41, 5.74) is 1.46. The molecule has 2 N–H and O–H groups in total. The number of hydrogen-bond acceptors (Lipinski definition) is 3. The molecule has 5 nitrogen and oxygen atoms in total. The van der Waals surface area contributed by atoms with E-state index in [9.17, 15) is 14.7 Å². The monoisotopic (exact) mass is 383 g/mol. The van der Waals surface area contributed by atoms with Crippen LogP contribution in [-0.4, -0.2) is 28.8 Å². The molecule has 2 atom stereocenters. The number of carboxylic acid groups (broad SMARTS) is 1. The minimum absolute atomic E-state index is 0.263. The van der Waals surface area contributed by atoms with Crippen LogP contribution in [0.25, 0.3) is 0 Å². The summed E-state index contributed by atoms with van der Waals surface area (Å²) in [6.45, 7) is 5.24. The molecule has 0 aliphatic heterocycles. The van der Waals surface area contributed by atoms with Crippen LogP contribution < -0.4 is 5.32 Å². The number of carbonyl (C=O) groups is 2. The van der Waals surface area contributed by atoms with Gasteiger partial charge in [0.05, 0.1) is 0 Å². The minimum Gasteiger partial charge on any atom is -0.480 e. The molecule has 0 fully saturated rings. The number of fused-ring (bicyclic) bond motifs is 1. The number of carbonyl (C=O) groups excluding carboxylic acids is 1. The zero-order valence-electron chi connectivity index (χ0n) is 13.6. The van der Waals surface area contributed by atoms with E-state index in [1.807, 2.05) is 18.2 Å². The minimum atomic E-state index is -1.05.